The lowest BCUT2D eigenvalue weighted by atomic mass is 9.87. The van der Waals surface area contributed by atoms with Gasteiger partial charge in [-0.2, -0.15) is 0 Å². The molecule has 0 aliphatic heterocycles. The molecule has 4 N–H and O–H groups in total. The zero-order chi connectivity index (χ0) is 10.6. The number of hydrogen-bond donors (Lipinski definition) is 3. The lowest BCUT2D eigenvalue weighted by molar-refractivity contribution is -0.124. The highest BCUT2D eigenvalue weighted by Crippen LogP contribution is 2.16. The summed E-state index contributed by atoms with van der Waals surface area (Å²) in [6.07, 6.45) is -0.531. The van der Waals surface area contributed by atoms with Crippen LogP contribution in [0.1, 0.15) is 27.7 Å². The summed E-state index contributed by atoms with van der Waals surface area (Å²) in [6, 6.07) is -0.536. The van der Waals surface area contributed by atoms with E-state index in [2.05, 4.69) is 5.32 Å². The maximum atomic E-state index is 11.3. The van der Waals surface area contributed by atoms with Crippen molar-refractivity contribution in [3.63, 3.8) is 0 Å². The first-order valence-corrected chi connectivity index (χ1v) is 4.46. The maximum Gasteiger partial charge on any atom is 0.237 e. The third-order valence-electron chi connectivity index (χ3n) is 1.79. The summed E-state index contributed by atoms with van der Waals surface area (Å²) in [4.78, 5) is 11.3. The molecule has 0 aliphatic rings. The second-order valence-corrected chi connectivity index (χ2v) is 4.44. The van der Waals surface area contributed by atoms with E-state index < -0.39 is 12.1 Å². The van der Waals surface area contributed by atoms with Crippen LogP contribution in [0.2, 0.25) is 0 Å². The van der Waals surface area contributed by atoms with Crippen molar-refractivity contribution in [1.29, 1.82) is 0 Å². The standard InChI is InChI=1S/C9H20N2O2/c1-6(12)5-11-8(13)7(10)9(2,3)4/h6-7,12H,5,10H2,1-4H3,(H,11,13)/t6-,7+/m1/s1. The highest BCUT2D eigenvalue weighted by molar-refractivity contribution is 5.82. The van der Waals surface area contributed by atoms with Crippen molar-refractivity contribution >= 4 is 5.91 Å². The Kier molecular flexibility index (Phi) is 4.36. The van der Waals surface area contributed by atoms with E-state index in [0.717, 1.165) is 0 Å². The summed E-state index contributed by atoms with van der Waals surface area (Å²) in [5.74, 6) is -0.214. The fraction of sp³-hybridized carbons (Fsp3) is 0.889. The Morgan fingerprint density at radius 2 is 2.00 bits per heavy atom. The molecule has 4 nitrogen and oxygen atoms in total. The molecule has 0 aromatic rings. The predicted octanol–water partition coefficient (Wildman–Crippen LogP) is -0.143. The molecular formula is C9H20N2O2. The topological polar surface area (TPSA) is 75.3 Å². The van der Waals surface area contributed by atoms with Crippen molar-refractivity contribution in [3.05, 3.63) is 0 Å². The zero-order valence-corrected chi connectivity index (χ0v) is 8.79. The highest BCUT2D eigenvalue weighted by Gasteiger charge is 2.27. The number of amides is 1. The average molecular weight is 188 g/mol. The first kappa shape index (κ1) is 12.4. The van der Waals surface area contributed by atoms with Crippen LogP contribution in [0.4, 0.5) is 0 Å². The minimum atomic E-state index is -0.536. The SMILES string of the molecule is C[C@@H](O)CNC(=O)[C@H](N)C(C)(C)C. The Balaban J connectivity index is 3.98. The molecule has 0 unspecified atom stereocenters. The summed E-state index contributed by atoms with van der Waals surface area (Å²) in [5.41, 5.74) is 5.44. The second kappa shape index (κ2) is 4.58. The molecule has 2 atom stereocenters. The van der Waals surface area contributed by atoms with Crippen LogP contribution in [0.5, 0.6) is 0 Å². The van der Waals surface area contributed by atoms with Gasteiger partial charge in [0.05, 0.1) is 12.1 Å². The van der Waals surface area contributed by atoms with Crippen molar-refractivity contribution in [3.8, 4) is 0 Å². The monoisotopic (exact) mass is 188 g/mol. The summed E-state index contributed by atoms with van der Waals surface area (Å²) in [7, 11) is 0. The van der Waals surface area contributed by atoms with Crippen LogP contribution in [0.15, 0.2) is 0 Å². The van der Waals surface area contributed by atoms with Crippen LogP contribution < -0.4 is 11.1 Å². The summed E-state index contributed by atoms with van der Waals surface area (Å²) in [6.45, 7) is 7.57. The van der Waals surface area contributed by atoms with E-state index in [1.165, 1.54) is 0 Å². The van der Waals surface area contributed by atoms with E-state index in [4.69, 9.17) is 10.8 Å². The third kappa shape index (κ3) is 4.85. The Bertz CT molecular complexity index is 173. The first-order valence-electron chi connectivity index (χ1n) is 4.46. The normalized spacial score (nSPS) is 16.5. The molecule has 0 heterocycles. The first-order chi connectivity index (χ1) is 5.75. The van der Waals surface area contributed by atoms with Crippen LogP contribution in [-0.2, 0) is 4.79 Å². The molecule has 0 bridgehead atoms. The minimum Gasteiger partial charge on any atom is -0.392 e. The van der Waals surface area contributed by atoms with Gasteiger partial charge in [-0.05, 0) is 12.3 Å². The molecule has 0 rings (SSSR count). The molecular weight excluding hydrogens is 168 g/mol. The predicted molar refractivity (Wildman–Crippen MR) is 52.1 cm³/mol. The third-order valence-corrected chi connectivity index (χ3v) is 1.79. The Labute approximate surface area is 79.5 Å². The summed E-state index contributed by atoms with van der Waals surface area (Å²) < 4.78 is 0. The number of aliphatic hydroxyl groups excluding tert-OH is 1. The van der Waals surface area contributed by atoms with Gasteiger partial charge >= 0.3 is 0 Å². The fourth-order valence-electron chi connectivity index (χ4n) is 0.752. The fourth-order valence-corrected chi connectivity index (χ4v) is 0.752. The van der Waals surface area contributed by atoms with Crippen molar-refractivity contribution in [1.82, 2.24) is 5.32 Å². The molecule has 0 aliphatic carbocycles. The molecule has 0 radical (unpaired) electrons. The van der Waals surface area contributed by atoms with Gasteiger partial charge in [-0.3, -0.25) is 4.79 Å². The number of nitrogens with one attached hydrogen (secondary N) is 1. The van der Waals surface area contributed by atoms with Crippen LogP contribution in [0.25, 0.3) is 0 Å². The Morgan fingerprint density at radius 1 is 1.54 bits per heavy atom. The minimum absolute atomic E-state index is 0.214. The maximum absolute atomic E-state index is 11.3. The molecule has 0 aromatic carbocycles. The second-order valence-electron chi connectivity index (χ2n) is 4.44. The van der Waals surface area contributed by atoms with E-state index in [1.807, 2.05) is 20.8 Å². The van der Waals surface area contributed by atoms with Crippen molar-refractivity contribution in [2.45, 2.75) is 39.8 Å². The molecule has 78 valence electrons. The van der Waals surface area contributed by atoms with E-state index in [-0.39, 0.29) is 17.9 Å². The molecule has 0 saturated carbocycles. The van der Waals surface area contributed by atoms with Crippen molar-refractivity contribution < 1.29 is 9.90 Å². The van der Waals surface area contributed by atoms with Crippen LogP contribution in [0, 0.1) is 5.41 Å². The van der Waals surface area contributed by atoms with Crippen LogP contribution in [0.3, 0.4) is 0 Å². The van der Waals surface area contributed by atoms with E-state index in [0.29, 0.717) is 0 Å². The van der Waals surface area contributed by atoms with Crippen molar-refractivity contribution in [2.75, 3.05) is 6.54 Å². The lowest BCUT2D eigenvalue weighted by Gasteiger charge is -2.26. The molecule has 13 heavy (non-hydrogen) atoms. The summed E-state index contributed by atoms with van der Waals surface area (Å²) in [5, 5.41) is 11.5. The largest absolute Gasteiger partial charge is 0.392 e. The number of hydrogen-bond acceptors (Lipinski definition) is 3. The van der Waals surface area contributed by atoms with Gasteiger partial charge in [0.15, 0.2) is 0 Å². The number of nitrogens with two attached hydrogens (primary N) is 1. The van der Waals surface area contributed by atoms with Gasteiger partial charge in [-0.1, -0.05) is 20.8 Å². The molecule has 1 amide bonds. The molecule has 0 aromatic heterocycles. The number of carbonyl (C=O) groups is 1. The highest BCUT2D eigenvalue weighted by atomic mass is 16.3. The number of rotatable bonds is 3. The molecule has 4 heteroatoms. The lowest BCUT2D eigenvalue weighted by Crippen LogP contribution is -2.49. The molecule has 0 spiro atoms. The smallest absolute Gasteiger partial charge is 0.237 e. The average Bonchev–Trinajstić information content (AvgIpc) is 1.96. The quantitative estimate of drug-likeness (QED) is 0.577. The summed E-state index contributed by atoms with van der Waals surface area (Å²) >= 11 is 0. The number of carbonyl (C=O) groups excluding carboxylic acids is 1. The van der Waals surface area contributed by atoms with Crippen molar-refractivity contribution in [2.24, 2.45) is 11.1 Å². The van der Waals surface area contributed by atoms with Gasteiger partial charge < -0.3 is 16.2 Å². The van der Waals surface area contributed by atoms with Gasteiger partial charge in [0.1, 0.15) is 0 Å². The van der Waals surface area contributed by atoms with Crippen LogP contribution in [-0.4, -0.2) is 29.7 Å². The van der Waals surface area contributed by atoms with Gasteiger partial charge in [-0.15, -0.1) is 0 Å². The van der Waals surface area contributed by atoms with E-state index >= 15 is 0 Å². The van der Waals surface area contributed by atoms with Crippen LogP contribution >= 0.6 is 0 Å². The van der Waals surface area contributed by atoms with E-state index in [1.54, 1.807) is 6.92 Å². The van der Waals surface area contributed by atoms with Gasteiger partial charge in [0, 0.05) is 6.54 Å². The Morgan fingerprint density at radius 3 is 2.31 bits per heavy atom. The van der Waals surface area contributed by atoms with Gasteiger partial charge in [-0.25, -0.2) is 0 Å². The zero-order valence-electron chi connectivity index (χ0n) is 8.79. The van der Waals surface area contributed by atoms with Gasteiger partial charge in [0.2, 0.25) is 5.91 Å². The van der Waals surface area contributed by atoms with E-state index in [9.17, 15) is 4.79 Å². The Hall–Kier alpha value is -0.610. The molecule has 0 saturated heterocycles. The van der Waals surface area contributed by atoms with Gasteiger partial charge in [0.25, 0.3) is 0 Å². The molecule has 0 fully saturated rings. The number of aliphatic hydroxyl groups is 1.